The number of nitrogens with zero attached hydrogens (tertiary/aromatic N) is 1. The van der Waals surface area contributed by atoms with E-state index in [1.54, 1.807) is 36.4 Å². The van der Waals surface area contributed by atoms with Gasteiger partial charge in [-0.25, -0.2) is 9.78 Å². The molecule has 3 rings (SSSR count). The second kappa shape index (κ2) is 7.27. The van der Waals surface area contributed by atoms with Gasteiger partial charge < -0.3 is 14.9 Å². The van der Waals surface area contributed by atoms with Crippen molar-refractivity contribution >= 4 is 29.0 Å². The third-order valence-corrected chi connectivity index (χ3v) is 3.94. The lowest BCUT2D eigenvalue weighted by atomic mass is 10.0. The van der Waals surface area contributed by atoms with Crippen molar-refractivity contribution in [1.29, 1.82) is 0 Å². The molecule has 0 aliphatic carbocycles. The molecular weight excluding hydrogens is 330 g/mol. The van der Waals surface area contributed by atoms with Gasteiger partial charge in [-0.15, -0.1) is 0 Å². The summed E-state index contributed by atoms with van der Waals surface area (Å²) in [5, 5.41) is 19.9. The zero-order valence-corrected chi connectivity index (χ0v) is 14.6. The van der Waals surface area contributed by atoms with Gasteiger partial charge in [0.25, 0.3) is 0 Å². The first-order chi connectivity index (χ1) is 12.5. The van der Waals surface area contributed by atoms with E-state index in [0.717, 1.165) is 11.1 Å². The lowest BCUT2D eigenvalue weighted by molar-refractivity contribution is 0.0699. The Hall–Kier alpha value is -3.34. The fourth-order valence-electron chi connectivity index (χ4n) is 2.71. The number of carboxylic acid groups (broad SMARTS) is 1. The van der Waals surface area contributed by atoms with Crippen LogP contribution < -0.4 is 4.74 Å². The number of aromatic nitrogens is 1. The average Bonchev–Trinajstić information content (AvgIpc) is 2.62. The van der Waals surface area contributed by atoms with Crippen LogP contribution in [0, 0.1) is 6.92 Å². The lowest BCUT2D eigenvalue weighted by Gasteiger charge is -2.07. The summed E-state index contributed by atoms with van der Waals surface area (Å²) in [4.78, 5) is 16.1. The Kier molecular flexibility index (Phi) is 4.89. The van der Waals surface area contributed by atoms with Gasteiger partial charge in [0.05, 0.1) is 23.4 Å². The second-order valence-corrected chi connectivity index (χ2v) is 5.91. The number of hydrogen-bond donors (Lipinski definition) is 2. The van der Waals surface area contributed by atoms with E-state index in [2.05, 4.69) is 4.98 Å². The fraction of sp³-hybridized carbons (Fsp3) is 0.143. The second-order valence-electron chi connectivity index (χ2n) is 5.91. The summed E-state index contributed by atoms with van der Waals surface area (Å²) >= 11 is 0. The first kappa shape index (κ1) is 17.5. The van der Waals surface area contributed by atoms with Crippen molar-refractivity contribution < 1.29 is 19.7 Å². The van der Waals surface area contributed by atoms with Gasteiger partial charge in [0.1, 0.15) is 0 Å². The molecule has 0 amide bonds. The Bertz CT molecular complexity index is 1010. The number of carbonyl (C=O) groups is 1. The van der Waals surface area contributed by atoms with Crippen LogP contribution in [0.3, 0.4) is 0 Å². The van der Waals surface area contributed by atoms with Crippen molar-refractivity contribution in [3.05, 3.63) is 64.8 Å². The minimum Gasteiger partial charge on any atom is -0.504 e. The van der Waals surface area contributed by atoms with Crippen LogP contribution in [0.25, 0.3) is 23.1 Å². The van der Waals surface area contributed by atoms with E-state index in [1.165, 1.54) is 0 Å². The van der Waals surface area contributed by atoms with Crippen LogP contribution in [0.15, 0.2) is 42.5 Å². The molecule has 0 atom stereocenters. The number of fused-ring (bicyclic) bond motifs is 1. The summed E-state index contributed by atoms with van der Waals surface area (Å²) in [7, 11) is 0. The van der Waals surface area contributed by atoms with Gasteiger partial charge >= 0.3 is 5.97 Å². The molecule has 0 fully saturated rings. The molecule has 0 saturated heterocycles. The van der Waals surface area contributed by atoms with Crippen LogP contribution >= 0.6 is 0 Å². The number of hydrogen-bond acceptors (Lipinski definition) is 4. The smallest absolute Gasteiger partial charge is 0.336 e. The largest absolute Gasteiger partial charge is 0.504 e. The van der Waals surface area contributed by atoms with Crippen molar-refractivity contribution in [2.75, 3.05) is 6.61 Å². The highest BCUT2D eigenvalue weighted by Gasteiger charge is 2.11. The van der Waals surface area contributed by atoms with Crippen molar-refractivity contribution in [3.8, 4) is 11.5 Å². The molecule has 2 aromatic carbocycles. The number of pyridine rings is 1. The SMILES string of the molecule is CCOc1cc(/C=C/c2cc(C(=O)O)c3cc(C)ccc3n2)ccc1O. The standard InChI is InChI=1S/C21H19NO4/c1-3-26-20-11-14(6-9-19(20)23)5-7-15-12-17(21(24)25)16-10-13(2)4-8-18(16)22-15/h4-12,23H,3H2,1-2H3,(H,24,25)/b7-5+. The Morgan fingerprint density at radius 1 is 1.15 bits per heavy atom. The van der Waals surface area contributed by atoms with Gasteiger partial charge in [-0.3, -0.25) is 0 Å². The Morgan fingerprint density at radius 2 is 1.96 bits per heavy atom. The number of carboxylic acids is 1. The Labute approximate surface area is 151 Å². The van der Waals surface area contributed by atoms with E-state index in [9.17, 15) is 15.0 Å². The van der Waals surface area contributed by atoms with Gasteiger partial charge in [-0.1, -0.05) is 23.8 Å². The van der Waals surface area contributed by atoms with Gasteiger partial charge in [0.15, 0.2) is 11.5 Å². The quantitative estimate of drug-likeness (QED) is 0.708. The first-order valence-electron chi connectivity index (χ1n) is 8.26. The van der Waals surface area contributed by atoms with Crippen LogP contribution in [-0.2, 0) is 0 Å². The molecule has 0 aliphatic rings. The summed E-state index contributed by atoms with van der Waals surface area (Å²) in [6.07, 6.45) is 3.55. The normalized spacial score (nSPS) is 11.2. The molecule has 1 aromatic heterocycles. The maximum atomic E-state index is 11.6. The monoisotopic (exact) mass is 349 g/mol. The van der Waals surface area contributed by atoms with Crippen LogP contribution in [-0.4, -0.2) is 27.8 Å². The minimum absolute atomic E-state index is 0.0800. The van der Waals surface area contributed by atoms with Crippen molar-refractivity contribution in [2.45, 2.75) is 13.8 Å². The van der Waals surface area contributed by atoms with Crippen molar-refractivity contribution in [1.82, 2.24) is 4.98 Å². The Balaban J connectivity index is 2.01. The molecule has 0 bridgehead atoms. The topological polar surface area (TPSA) is 79.7 Å². The number of ether oxygens (including phenoxy) is 1. The number of aromatic hydroxyl groups is 1. The van der Waals surface area contributed by atoms with Crippen LogP contribution in [0.5, 0.6) is 11.5 Å². The van der Waals surface area contributed by atoms with Gasteiger partial charge in [-0.2, -0.15) is 0 Å². The predicted molar refractivity (Wildman–Crippen MR) is 102 cm³/mol. The van der Waals surface area contributed by atoms with Gasteiger partial charge in [0, 0.05) is 5.39 Å². The Morgan fingerprint density at radius 3 is 2.69 bits per heavy atom. The third kappa shape index (κ3) is 3.67. The fourth-order valence-corrected chi connectivity index (χ4v) is 2.71. The van der Waals surface area contributed by atoms with Gasteiger partial charge in [0.2, 0.25) is 0 Å². The lowest BCUT2D eigenvalue weighted by Crippen LogP contribution is -2.00. The molecule has 0 spiro atoms. The third-order valence-electron chi connectivity index (χ3n) is 3.94. The molecule has 2 N–H and O–H groups in total. The zero-order valence-electron chi connectivity index (χ0n) is 14.6. The summed E-state index contributed by atoms with van der Waals surface area (Å²) in [5.41, 5.74) is 3.20. The molecule has 0 aliphatic heterocycles. The van der Waals surface area contributed by atoms with Crippen molar-refractivity contribution in [3.63, 3.8) is 0 Å². The average molecular weight is 349 g/mol. The minimum atomic E-state index is -0.985. The molecule has 5 nitrogen and oxygen atoms in total. The van der Waals surface area contributed by atoms with E-state index in [1.807, 2.05) is 32.0 Å². The molecule has 0 unspecified atom stereocenters. The van der Waals surface area contributed by atoms with Crippen molar-refractivity contribution in [2.24, 2.45) is 0 Å². The van der Waals surface area contributed by atoms with Crippen LogP contribution in [0.4, 0.5) is 0 Å². The molecule has 3 aromatic rings. The maximum absolute atomic E-state index is 11.6. The number of aromatic carboxylic acids is 1. The predicted octanol–water partition coefficient (Wildman–Crippen LogP) is 4.52. The molecular formula is C21H19NO4. The van der Waals surface area contributed by atoms with E-state index >= 15 is 0 Å². The first-order valence-corrected chi connectivity index (χ1v) is 8.26. The summed E-state index contributed by atoms with van der Waals surface area (Å²) in [6.45, 7) is 4.21. The summed E-state index contributed by atoms with van der Waals surface area (Å²) in [5.74, 6) is -0.500. The molecule has 0 saturated carbocycles. The van der Waals surface area contributed by atoms with E-state index in [4.69, 9.17) is 4.74 Å². The van der Waals surface area contributed by atoms with E-state index in [-0.39, 0.29) is 11.3 Å². The number of aryl methyl sites for hydroxylation is 1. The van der Waals surface area contributed by atoms with Crippen LogP contribution in [0.1, 0.15) is 34.1 Å². The molecule has 26 heavy (non-hydrogen) atoms. The molecule has 132 valence electrons. The molecule has 0 radical (unpaired) electrons. The highest BCUT2D eigenvalue weighted by Crippen LogP contribution is 2.28. The molecule has 1 heterocycles. The molecule has 5 heteroatoms. The van der Waals surface area contributed by atoms with E-state index < -0.39 is 5.97 Å². The van der Waals surface area contributed by atoms with Crippen LogP contribution in [0.2, 0.25) is 0 Å². The number of phenolic OH excluding ortho intramolecular Hbond substituents is 1. The number of rotatable bonds is 5. The zero-order chi connectivity index (χ0) is 18.7. The number of phenols is 1. The highest BCUT2D eigenvalue weighted by atomic mass is 16.5. The van der Waals surface area contributed by atoms with E-state index in [0.29, 0.717) is 29.0 Å². The van der Waals surface area contributed by atoms with Gasteiger partial charge in [-0.05, 0) is 55.8 Å². The number of benzene rings is 2. The maximum Gasteiger partial charge on any atom is 0.336 e. The summed E-state index contributed by atoms with van der Waals surface area (Å²) in [6, 6.07) is 12.1. The summed E-state index contributed by atoms with van der Waals surface area (Å²) < 4.78 is 5.37. The highest BCUT2D eigenvalue weighted by molar-refractivity contribution is 6.03.